The Morgan fingerprint density at radius 1 is 1.08 bits per heavy atom. The molecule has 2 rings (SSSR count). The average Bonchev–Trinajstić information content (AvgIpc) is 2.31. The summed E-state index contributed by atoms with van der Waals surface area (Å²) in [5, 5.41) is 0. The molecule has 0 heterocycles. The molecule has 59 valence electrons. The molecule has 12 heavy (non-hydrogen) atoms. The van der Waals surface area contributed by atoms with Gasteiger partial charge in [0.2, 0.25) is 0 Å². The number of hydrogen-bond donors (Lipinski definition) is 0. The fraction of sp³-hybridized carbons (Fsp3) is 0.182. The molecule has 1 aromatic rings. The minimum Gasteiger partial charge on any atom is -0.0643 e. The van der Waals surface area contributed by atoms with Crippen molar-refractivity contribution in [2.24, 2.45) is 0 Å². The molecule has 1 heteroatoms. The Bertz CT molecular complexity index is 324. The number of hydrogen-bond acceptors (Lipinski definition) is 0. The summed E-state index contributed by atoms with van der Waals surface area (Å²) < 4.78 is 0. The number of fused-ring (bicyclic) bond motifs is 1. The summed E-state index contributed by atoms with van der Waals surface area (Å²) in [6.07, 6.45) is 4.47. The molecule has 1 radical (unpaired) electrons. The van der Waals surface area contributed by atoms with E-state index in [9.17, 15) is 0 Å². The van der Waals surface area contributed by atoms with Gasteiger partial charge in [0.25, 0.3) is 0 Å². The van der Waals surface area contributed by atoms with Crippen molar-refractivity contribution in [3.05, 3.63) is 46.9 Å². The van der Waals surface area contributed by atoms with E-state index in [2.05, 4.69) is 44.5 Å². The van der Waals surface area contributed by atoms with Crippen molar-refractivity contribution in [3.8, 4) is 0 Å². The average molecular weight is 322 g/mol. The fourth-order valence-electron chi connectivity index (χ4n) is 1.54. The van der Waals surface area contributed by atoms with Crippen molar-refractivity contribution >= 4 is 6.08 Å². The fourth-order valence-corrected chi connectivity index (χ4v) is 1.54. The van der Waals surface area contributed by atoms with Crippen molar-refractivity contribution in [2.75, 3.05) is 0 Å². The first kappa shape index (κ1) is 9.91. The molecular weight excluding hydrogens is 311 g/mol. The first-order valence-corrected chi connectivity index (χ1v) is 3.90. The monoisotopic (exact) mass is 323 g/mol. The number of allylic oxidation sites excluding steroid dienone is 1. The van der Waals surface area contributed by atoms with Crippen LogP contribution in [0.1, 0.15) is 23.6 Å². The van der Waals surface area contributed by atoms with E-state index >= 15 is 0 Å². The number of benzene rings is 1. The summed E-state index contributed by atoms with van der Waals surface area (Å²) in [6, 6.07) is 6.42. The number of rotatable bonds is 0. The van der Waals surface area contributed by atoms with Gasteiger partial charge in [0, 0.05) is 32.3 Å². The molecule has 0 amide bonds. The van der Waals surface area contributed by atoms with E-state index in [0.717, 1.165) is 0 Å². The van der Waals surface area contributed by atoms with Crippen LogP contribution in [0.2, 0.25) is 0 Å². The van der Waals surface area contributed by atoms with E-state index in [1.165, 1.54) is 22.3 Å². The van der Waals surface area contributed by atoms with Crippen LogP contribution in [0.15, 0.2) is 23.8 Å². The van der Waals surface area contributed by atoms with Crippen LogP contribution in [-0.2, 0) is 25.8 Å². The standard InChI is InChI=1S/C11H11.Hf/c1-8-6-10-5-3-4-9(2)11(10)7-8;/h3-7H,1-2H3;. The predicted octanol–water partition coefficient (Wildman–Crippen LogP) is 2.96. The molecule has 0 fully saturated rings. The zero-order valence-electron chi connectivity index (χ0n) is 7.39. The third-order valence-corrected chi connectivity index (χ3v) is 2.11. The Kier molecular flexibility index (Phi) is 3.05. The molecule has 1 aliphatic carbocycles. The van der Waals surface area contributed by atoms with Gasteiger partial charge in [-0.1, -0.05) is 29.8 Å². The van der Waals surface area contributed by atoms with Crippen molar-refractivity contribution in [2.45, 2.75) is 13.8 Å². The van der Waals surface area contributed by atoms with Gasteiger partial charge in [-0.15, -0.1) is 0 Å². The second-order valence-corrected chi connectivity index (χ2v) is 3.11. The largest absolute Gasteiger partial charge is 0.0643 e. The Hall–Kier alpha value is -0.170. The van der Waals surface area contributed by atoms with Crippen LogP contribution >= 0.6 is 0 Å². The smallest absolute Gasteiger partial charge is 0.0161 e. The van der Waals surface area contributed by atoms with E-state index in [0.29, 0.717) is 0 Å². The first-order chi connectivity index (χ1) is 5.27. The van der Waals surface area contributed by atoms with Crippen LogP contribution in [0.5, 0.6) is 0 Å². The second kappa shape index (κ2) is 3.69. The Balaban J connectivity index is 0.000000720. The molecule has 1 aliphatic rings. The van der Waals surface area contributed by atoms with Gasteiger partial charge in [-0.3, -0.25) is 0 Å². The van der Waals surface area contributed by atoms with Crippen LogP contribution < -0.4 is 0 Å². The maximum absolute atomic E-state index is 2.24. The minimum atomic E-state index is 0. The topological polar surface area (TPSA) is 0 Å². The van der Waals surface area contributed by atoms with E-state index in [1.807, 2.05) is 0 Å². The number of aryl methyl sites for hydroxylation is 1. The summed E-state index contributed by atoms with van der Waals surface area (Å²) in [5.74, 6) is 0. The van der Waals surface area contributed by atoms with Gasteiger partial charge in [-0.2, -0.15) is 0 Å². The second-order valence-electron chi connectivity index (χ2n) is 3.11. The van der Waals surface area contributed by atoms with Gasteiger partial charge in [0.05, 0.1) is 0 Å². The Labute approximate surface area is 92.5 Å². The summed E-state index contributed by atoms with van der Waals surface area (Å²) in [4.78, 5) is 0. The molecule has 0 spiro atoms. The maximum atomic E-state index is 2.24. The van der Waals surface area contributed by atoms with Gasteiger partial charge in [-0.25, -0.2) is 0 Å². The molecule has 0 unspecified atom stereocenters. The molecule has 1 aromatic carbocycles. The molecule has 0 saturated carbocycles. The third-order valence-electron chi connectivity index (χ3n) is 2.11. The molecule has 0 nitrogen and oxygen atoms in total. The quantitative estimate of drug-likeness (QED) is 0.645. The van der Waals surface area contributed by atoms with Gasteiger partial charge in [0.1, 0.15) is 0 Å². The van der Waals surface area contributed by atoms with Crippen LogP contribution in [-0.4, -0.2) is 0 Å². The van der Waals surface area contributed by atoms with Crippen molar-refractivity contribution in [1.29, 1.82) is 0 Å². The summed E-state index contributed by atoms with van der Waals surface area (Å²) in [5.41, 5.74) is 5.48. The zero-order chi connectivity index (χ0) is 7.84. The van der Waals surface area contributed by atoms with Gasteiger partial charge < -0.3 is 0 Å². The first-order valence-electron chi connectivity index (χ1n) is 3.90. The molecular formula is C11H11Hf. The normalized spacial score (nSPS) is 13.3. The third kappa shape index (κ3) is 1.61. The molecule has 0 atom stereocenters. The molecule has 0 aliphatic heterocycles. The van der Waals surface area contributed by atoms with E-state index in [-0.39, 0.29) is 25.8 Å². The van der Waals surface area contributed by atoms with E-state index in [1.54, 1.807) is 0 Å². The Morgan fingerprint density at radius 3 is 2.50 bits per heavy atom. The minimum absolute atomic E-state index is 0. The summed E-state index contributed by atoms with van der Waals surface area (Å²) in [6.45, 7) is 4.29. The van der Waals surface area contributed by atoms with Crippen LogP contribution in [0.3, 0.4) is 0 Å². The van der Waals surface area contributed by atoms with Gasteiger partial charge in [0.15, 0.2) is 0 Å². The van der Waals surface area contributed by atoms with Gasteiger partial charge >= 0.3 is 0 Å². The van der Waals surface area contributed by atoms with Crippen molar-refractivity contribution in [1.82, 2.24) is 0 Å². The van der Waals surface area contributed by atoms with Crippen LogP contribution in [0.4, 0.5) is 0 Å². The zero-order valence-corrected chi connectivity index (χ0v) is 11.0. The Morgan fingerprint density at radius 2 is 1.83 bits per heavy atom. The van der Waals surface area contributed by atoms with Crippen LogP contribution in [0.25, 0.3) is 6.08 Å². The van der Waals surface area contributed by atoms with E-state index < -0.39 is 0 Å². The molecule has 0 N–H and O–H groups in total. The SMILES string of the molecule is CC1=Cc2c(C)cccc2[CH]1.[Hf]. The van der Waals surface area contributed by atoms with Gasteiger partial charge in [-0.05, 0) is 30.5 Å². The summed E-state index contributed by atoms with van der Waals surface area (Å²) >= 11 is 0. The maximum Gasteiger partial charge on any atom is 0.0161 e. The summed E-state index contributed by atoms with van der Waals surface area (Å²) in [7, 11) is 0. The van der Waals surface area contributed by atoms with Crippen LogP contribution in [0, 0.1) is 13.3 Å². The predicted molar refractivity (Wildman–Crippen MR) is 48.2 cm³/mol. The molecule has 0 aromatic heterocycles. The van der Waals surface area contributed by atoms with Crippen molar-refractivity contribution < 1.29 is 25.8 Å². The van der Waals surface area contributed by atoms with E-state index in [4.69, 9.17) is 0 Å². The molecule has 0 bridgehead atoms. The van der Waals surface area contributed by atoms with Crippen molar-refractivity contribution in [3.63, 3.8) is 0 Å². The molecule has 0 saturated heterocycles.